The van der Waals surface area contributed by atoms with E-state index in [2.05, 4.69) is 42.7 Å². The molecule has 0 saturated carbocycles. The first kappa shape index (κ1) is 23.3. The van der Waals surface area contributed by atoms with E-state index in [1.54, 1.807) is 4.68 Å². The second-order valence-electron chi connectivity index (χ2n) is 9.21. The topological polar surface area (TPSA) is 104 Å². The van der Waals surface area contributed by atoms with Crippen LogP contribution in [-0.4, -0.2) is 78.7 Å². The zero-order valence-corrected chi connectivity index (χ0v) is 21.8. The van der Waals surface area contributed by atoms with Crippen LogP contribution < -0.4 is 9.64 Å². The molecular weight excluding hydrogens is 520 g/mol. The number of nitrogens with one attached hydrogen (secondary N) is 1. The molecular formula is C23H29BrN6O3S. The molecule has 5 heterocycles. The number of pyridine rings is 1. The van der Waals surface area contributed by atoms with Crippen molar-refractivity contribution < 1.29 is 13.2 Å². The van der Waals surface area contributed by atoms with E-state index in [0.29, 0.717) is 24.2 Å². The zero-order chi connectivity index (χ0) is 24.0. The van der Waals surface area contributed by atoms with Gasteiger partial charge in [-0.05, 0) is 47.2 Å². The van der Waals surface area contributed by atoms with Gasteiger partial charge in [0.2, 0.25) is 0 Å². The smallest absolute Gasteiger partial charge is 0.171 e. The molecule has 182 valence electrons. The Morgan fingerprint density at radius 1 is 1.21 bits per heavy atom. The lowest BCUT2D eigenvalue weighted by Gasteiger charge is -2.32. The summed E-state index contributed by atoms with van der Waals surface area (Å²) in [6.45, 7) is 4.53. The van der Waals surface area contributed by atoms with Gasteiger partial charge in [-0.2, -0.15) is 5.10 Å². The van der Waals surface area contributed by atoms with Gasteiger partial charge in [0.15, 0.2) is 27.2 Å². The van der Waals surface area contributed by atoms with Gasteiger partial charge in [-0.3, -0.25) is 5.41 Å². The van der Waals surface area contributed by atoms with Crippen LogP contribution >= 0.6 is 15.9 Å². The van der Waals surface area contributed by atoms with E-state index in [0.717, 1.165) is 59.9 Å². The van der Waals surface area contributed by atoms with E-state index < -0.39 is 9.84 Å². The molecule has 0 radical (unpaired) electrons. The molecule has 1 N–H and O–H groups in total. The molecule has 0 aromatic carbocycles. The third kappa shape index (κ3) is 4.24. The van der Waals surface area contributed by atoms with E-state index >= 15 is 0 Å². The van der Waals surface area contributed by atoms with Crippen LogP contribution in [0.5, 0.6) is 5.75 Å². The SMILES string of the molecule is CC1CCCC(N2CCS(=O)(=O)CC2)=C(Br)C(=N)n2ncc(-c3cnc4c(c3)OCCN4C)c21. The standard InChI is InChI=1S/C23H29BrN6O3S/c1-15-4-3-5-18(29-7-10-34(31,32)11-8-29)20(24)22(25)30-21(15)17(14-27-30)16-12-19-23(26-13-16)28(2)6-9-33-19/h12-15,25H,3-11H2,1-2H3. The highest BCUT2D eigenvalue weighted by Gasteiger charge is 2.30. The largest absolute Gasteiger partial charge is 0.488 e. The molecule has 0 aliphatic carbocycles. The number of sulfone groups is 1. The van der Waals surface area contributed by atoms with Crippen molar-refractivity contribution in [3.8, 4) is 16.9 Å². The van der Waals surface area contributed by atoms with Gasteiger partial charge in [-0.15, -0.1) is 0 Å². The molecule has 2 aromatic rings. The molecule has 11 heteroatoms. The number of halogens is 1. The van der Waals surface area contributed by atoms with Crippen molar-refractivity contribution >= 4 is 37.4 Å². The maximum absolute atomic E-state index is 11.9. The number of rotatable bonds is 2. The summed E-state index contributed by atoms with van der Waals surface area (Å²) < 4.78 is 32.1. The fourth-order valence-corrected chi connectivity index (χ4v) is 6.76. The Labute approximate surface area is 208 Å². The third-order valence-electron chi connectivity index (χ3n) is 6.91. The molecule has 0 spiro atoms. The molecule has 0 bridgehead atoms. The second kappa shape index (κ2) is 8.99. The fraction of sp³-hybridized carbons (Fsp3) is 0.522. The summed E-state index contributed by atoms with van der Waals surface area (Å²) in [7, 11) is -0.964. The first-order valence-corrected chi connectivity index (χ1v) is 14.2. The van der Waals surface area contributed by atoms with Gasteiger partial charge in [-0.1, -0.05) is 6.92 Å². The molecule has 1 saturated heterocycles. The highest BCUT2D eigenvalue weighted by Crippen LogP contribution is 2.38. The molecule has 1 unspecified atom stereocenters. The maximum atomic E-state index is 11.9. The lowest BCUT2D eigenvalue weighted by molar-refractivity contribution is 0.309. The minimum absolute atomic E-state index is 0.153. The van der Waals surface area contributed by atoms with Gasteiger partial charge in [0.25, 0.3) is 0 Å². The Hall–Kier alpha value is -2.40. The normalized spacial score (nSPS) is 22.9. The van der Waals surface area contributed by atoms with Crippen LogP contribution in [0.1, 0.15) is 37.8 Å². The third-order valence-corrected chi connectivity index (χ3v) is 9.36. The number of likely N-dealkylation sites (N-methyl/N-ethyl adjacent to an activating group) is 1. The van der Waals surface area contributed by atoms with E-state index in [1.807, 2.05) is 25.5 Å². The van der Waals surface area contributed by atoms with Crippen molar-refractivity contribution in [3.05, 3.63) is 34.3 Å². The molecule has 9 nitrogen and oxygen atoms in total. The Balaban J connectivity index is 1.53. The van der Waals surface area contributed by atoms with Crippen LogP contribution in [0.3, 0.4) is 0 Å². The summed E-state index contributed by atoms with van der Waals surface area (Å²) in [5.74, 6) is 2.35. The summed E-state index contributed by atoms with van der Waals surface area (Å²) in [5, 5.41) is 13.6. The van der Waals surface area contributed by atoms with Gasteiger partial charge in [-0.25, -0.2) is 18.1 Å². The van der Waals surface area contributed by atoms with Gasteiger partial charge in [0.1, 0.15) is 6.61 Å². The number of allylic oxidation sites excluding steroid dienone is 2. The average Bonchev–Trinajstić information content (AvgIpc) is 3.27. The first-order chi connectivity index (χ1) is 16.2. The Morgan fingerprint density at radius 2 is 1.97 bits per heavy atom. The first-order valence-electron chi connectivity index (χ1n) is 11.6. The second-order valence-corrected chi connectivity index (χ2v) is 12.3. The number of fused-ring (bicyclic) bond motifs is 2. The van der Waals surface area contributed by atoms with Gasteiger partial charge >= 0.3 is 0 Å². The van der Waals surface area contributed by atoms with Crippen molar-refractivity contribution in [1.29, 1.82) is 5.41 Å². The van der Waals surface area contributed by atoms with Crippen LogP contribution in [0.15, 0.2) is 28.6 Å². The van der Waals surface area contributed by atoms with Crippen LogP contribution in [0.4, 0.5) is 5.82 Å². The lowest BCUT2D eigenvalue weighted by atomic mass is 9.94. The Kier molecular flexibility index (Phi) is 6.18. The predicted octanol–water partition coefficient (Wildman–Crippen LogP) is 3.22. The minimum Gasteiger partial charge on any atom is -0.488 e. The van der Waals surface area contributed by atoms with Crippen LogP contribution in [0, 0.1) is 5.41 Å². The summed E-state index contributed by atoms with van der Waals surface area (Å²) in [5.41, 5.74) is 3.85. The molecule has 3 aliphatic rings. The van der Waals surface area contributed by atoms with Crippen molar-refractivity contribution in [2.45, 2.75) is 32.1 Å². The van der Waals surface area contributed by atoms with Gasteiger partial charge in [0.05, 0.1) is 34.4 Å². The van der Waals surface area contributed by atoms with Crippen LogP contribution in [0.2, 0.25) is 0 Å². The minimum atomic E-state index is -2.97. The molecule has 3 aliphatic heterocycles. The van der Waals surface area contributed by atoms with Crippen molar-refractivity contribution in [2.75, 3.05) is 49.7 Å². The maximum Gasteiger partial charge on any atom is 0.171 e. The monoisotopic (exact) mass is 548 g/mol. The highest BCUT2D eigenvalue weighted by atomic mass is 79.9. The molecule has 1 atom stereocenters. The zero-order valence-electron chi connectivity index (χ0n) is 19.4. The number of hydrogen-bond acceptors (Lipinski definition) is 8. The number of nitrogens with zero attached hydrogens (tertiary/aromatic N) is 5. The molecule has 0 amide bonds. The van der Waals surface area contributed by atoms with Gasteiger partial charge in [0, 0.05) is 43.2 Å². The fourth-order valence-electron chi connectivity index (χ4n) is 4.94. The highest BCUT2D eigenvalue weighted by molar-refractivity contribution is 9.12. The average molecular weight is 549 g/mol. The van der Waals surface area contributed by atoms with Gasteiger partial charge < -0.3 is 14.5 Å². The van der Waals surface area contributed by atoms with Crippen molar-refractivity contribution in [2.24, 2.45) is 0 Å². The summed E-state index contributed by atoms with van der Waals surface area (Å²) in [6.07, 6.45) is 6.32. The molecule has 5 rings (SSSR count). The summed E-state index contributed by atoms with van der Waals surface area (Å²) in [6, 6.07) is 2.02. The van der Waals surface area contributed by atoms with Crippen molar-refractivity contribution in [3.63, 3.8) is 0 Å². The predicted molar refractivity (Wildman–Crippen MR) is 136 cm³/mol. The number of anilines is 1. The van der Waals surface area contributed by atoms with E-state index in [1.165, 1.54) is 0 Å². The van der Waals surface area contributed by atoms with E-state index in [4.69, 9.17) is 10.1 Å². The summed E-state index contributed by atoms with van der Waals surface area (Å²) >= 11 is 3.68. The quantitative estimate of drug-likeness (QED) is 0.614. The molecule has 1 fully saturated rings. The van der Waals surface area contributed by atoms with Crippen LogP contribution in [-0.2, 0) is 9.84 Å². The number of aromatic nitrogens is 3. The van der Waals surface area contributed by atoms with E-state index in [9.17, 15) is 8.42 Å². The summed E-state index contributed by atoms with van der Waals surface area (Å²) in [4.78, 5) is 8.84. The Morgan fingerprint density at radius 3 is 2.74 bits per heavy atom. The lowest BCUT2D eigenvalue weighted by Crippen LogP contribution is -2.40. The Bertz CT molecular complexity index is 1260. The number of hydrogen-bond donors (Lipinski definition) is 1. The number of ether oxygens (including phenoxy) is 1. The molecule has 2 aromatic heterocycles. The van der Waals surface area contributed by atoms with Crippen LogP contribution in [0.25, 0.3) is 11.1 Å². The van der Waals surface area contributed by atoms with Crippen molar-refractivity contribution in [1.82, 2.24) is 19.7 Å². The molecule has 34 heavy (non-hydrogen) atoms. The van der Waals surface area contributed by atoms with E-state index in [-0.39, 0.29) is 23.3 Å².